The summed E-state index contributed by atoms with van der Waals surface area (Å²) in [5.74, 6) is 0. The van der Waals surface area contributed by atoms with E-state index in [2.05, 4.69) is 133 Å². The average Bonchev–Trinajstić information content (AvgIpc) is 3.31. The Balaban J connectivity index is 1.48. The third-order valence-corrected chi connectivity index (χ3v) is 7.62. The van der Waals surface area contributed by atoms with Gasteiger partial charge in [0, 0.05) is 10.8 Å². The molecule has 1 heteroatoms. The summed E-state index contributed by atoms with van der Waals surface area (Å²) in [5.41, 5.74) is 6.85. The van der Waals surface area contributed by atoms with Crippen molar-refractivity contribution in [2.24, 2.45) is 0 Å². The fourth-order valence-electron chi connectivity index (χ4n) is 5.97. The average molecular weight is 471 g/mol. The molecule has 1 nitrogen and oxygen atoms in total. The second kappa shape index (κ2) is 7.81. The topological polar surface area (TPSA) is 13.1 Å². The minimum absolute atomic E-state index is 0.920. The Hall–Kier alpha value is -4.88. The zero-order chi connectivity index (χ0) is 24.3. The number of benzene rings is 7. The number of rotatable bonds is 2. The molecular weight excluding hydrogens is 448 g/mol. The van der Waals surface area contributed by atoms with Crippen molar-refractivity contribution in [3.63, 3.8) is 0 Å². The van der Waals surface area contributed by atoms with E-state index in [1.807, 2.05) is 0 Å². The van der Waals surface area contributed by atoms with Crippen LogP contribution >= 0.6 is 0 Å². The molecule has 8 aromatic rings. The van der Waals surface area contributed by atoms with Crippen LogP contribution in [0, 0.1) is 0 Å². The van der Waals surface area contributed by atoms with E-state index >= 15 is 0 Å². The van der Waals surface area contributed by atoms with Gasteiger partial charge in [-0.05, 0) is 78.8 Å². The molecule has 0 fully saturated rings. The second-order valence-electron chi connectivity index (χ2n) is 9.72. The predicted octanol–water partition coefficient (Wildman–Crippen LogP) is 10.4. The second-order valence-corrected chi connectivity index (χ2v) is 9.72. The van der Waals surface area contributed by atoms with Crippen molar-refractivity contribution in [3.8, 4) is 22.3 Å². The highest BCUT2D eigenvalue weighted by Crippen LogP contribution is 2.44. The molecule has 0 aliphatic heterocycles. The molecule has 0 amide bonds. The van der Waals surface area contributed by atoms with Gasteiger partial charge in [0.2, 0.25) is 0 Å². The first kappa shape index (κ1) is 20.3. The van der Waals surface area contributed by atoms with Crippen molar-refractivity contribution < 1.29 is 4.42 Å². The standard InChI is InChI=1S/C36H22O/c1-2-10-23(11-3-1)35-27-14-6-8-16-29(27)36(30-17-9-7-15-28(30)35)26-18-19-33-31(21-26)32-20-24-12-4-5-13-25(24)22-34(32)37-33/h1-22H. The van der Waals surface area contributed by atoms with Crippen molar-refractivity contribution in [1.29, 1.82) is 0 Å². The van der Waals surface area contributed by atoms with E-state index in [4.69, 9.17) is 4.42 Å². The van der Waals surface area contributed by atoms with Gasteiger partial charge in [0.25, 0.3) is 0 Å². The summed E-state index contributed by atoms with van der Waals surface area (Å²) < 4.78 is 6.30. The molecule has 0 spiro atoms. The molecule has 0 bridgehead atoms. The van der Waals surface area contributed by atoms with Crippen LogP contribution in [0.1, 0.15) is 0 Å². The summed E-state index contributed by atoms with van der Waals surface area (Å²) in [6.45, 7) is 0. The highest BCUT2D eigenvalue weighted by atomic mass is 16.3. The van der Waals surface area contributed by atoms with E-state index in [-0.39, 0.29) is 0 Å². The van der Waals surface area contributed by atoms with E-state index in [1.54, 1.807) is 0 Å². The van der Waals surface area contributed by atoms with E-state index < -0.39 is 0 Å². The van der Waals surface area contributed by atoms with E-state index in [1.165, 1.54) is 54.6 Å². The Morgan fingerprint density at radius 3 is 1.49 bits per heavy atom. The molecule has 0 aliphatic carbocycles. The van der Waals surface area contributed by atoms with Crippen molar-refractivity contribution >= 4 is 54.3 Å². The molecule has 7 aromatic carbocycles. The minimum Gasteiger partial charge on any atom is -0.456 e. The molecule has 0 unspecified atom stereocenters. The summed E-state index contributed by atoms with van der Waals surface area (Å²) in [4.78, 5) is 0. The fraction of sp³-hybridized carbons (Fsp3) is 0. The SMILES string of the molecule is c1ccc(-c2c3ccccc3c(-c3ccc4oc5cc6ccccc6cc5c4c3)c3ccccc23)cc1. The van der Waals surface area contributed by atoms with E-state index in [9.17, 15) is 0 Å². The van der Waals surface area contributed by atoms with Gasteiger partial charge in [-0.25, -0.2) is 0 Å². The first-order valence-corrected chi connectivity index (χ1v) is 12.7. The molecule has 1 heterocycles. The Bertz CT molecular complexity index is 2070. The van der Waals surface area contributed by atoms with Gasteiger partial charge < -0.3 is 4.42 Å². The lowest BCUT2D eigenvalue weighted by Crippen LogP contribution is -1.90. The van der Waals surface area contributed by atoms with Crippen LogP contribution in [0.5, 0.6) is 0 Å². The van der Waals surface area contributed by atoms with Crippen molar-refractivity contribution in [3.05, 3.63) is 133 Å². The Labute approximate surface area is 214 Å². The van der Waals surface area contributed by atoms with Crippen LogP contribution in [0.25, 0.3) is 76.5 Å². The fourth-order valence-corrected chi connectivity index (χ4v) is 5.97. The van der Waals surface area contributed by atoms with Crippen LogP contribution in [0.15, 0.2) is 138 Å². The van der Waals surface area contributed by atoms with Crippen LogP contribution < -0.4 is 0 Å². The van der Waals surface area contributed by atoms with Crippen molar-refractivity contribution in [1.82, 2.24) is 0 Å². The number of hydrogen-bond acceptors (Lipinski definition) is 1. The smallest absolute Gasteiger partial charge is 0.136 e. The van der Waals surface area contributed by atoms with Gasteiger partial charge in [0.1, 0.15) is 11.2 Å². The predicted molar refractivity (Wildman–Crippen MR) is 157 cm³/mol. The maximum atomic E-state index is 6.30. The molecule has 0 atom stereocenters. The highest BCUT2D eigenvalue weighted by Gasteiger charge is 2.17. The van der Waals surface area contributed by atoms with Crippen LogP contribution in [-0.4, -0.2) is 0 Å². The molecule has 0 saturated heterocycles. The maximum absolute atomic E-state index is 6.30. The minimum atomic E-state index is 0.920. The molecule has 0 aliphatic rings. The Morgan fingerprint density at radius 1 is 0.324 bits per heavy atom. The number of furan rings is 1. The number of hydrogen-bond donors (Lipinski definition) is 0. The summed E-state index contributed by atoms with van der Waals surface area (Å²) in [5, 5.41) is 9.80. The largest absolute Gasteiger partial charge is 0.456 e. The molecular formula is C36H22O. The van der Waals surface area contributed by atoms with Gasteiger partial charge in [0.05, 0.1) is 0 Å². The monoisotopic (exact) mass is 470 g/mol. The normalized spacial score (nSPS) is 11.8. The summed E-state index contributed by atoms with van der Waals surface area (Å²) >= 11 is 0. The van der Waals surface area contributed by atoms with Crippen LogP contribution in [0.4, 0.5) is 0 Å². The molecule has 172 valence electrons. The first-order chi connectivity index (χ1) is 18.3. The van der Waals surface area contributed by atoms with E-state index in [0.717, 1.165) is 21.9 Å². The van der Waals surface area contributed by atoms with Crippen molar-refractivity contribution in [2.45, 2.75) is 0 Å². The zero-order valence-corrected chi connectivity index (χ0v) is 20.1. The highest BCUT2D eigenvalue weighted by molar-refractivity contribution is 6.22. The Morgan fingerprint density at radius 2 is 0.838 bits per heavy atom. The van der Waals surface area contributed by atoms with Crippen LogP contribution in [0.2, 0.25) is 0 Å². The summed E-state index contributed by atoms with van der Waals surface area (Å²) in [6, 6.07) is 47.9. The summed E-state index contributed by atoms with van der Waals surface area (Å²) in [6.07, 6.45) is 0. The summed E-state index contributed by atoms with van der Waals surface area (Å²) in [7, 11) is 0. The lowest BCUT2D eigenvalue weighted by atomic mass is 9.86. The third kappa shape index (κ3) is 3.04. The molecule has 8 rings (SSSR count). The third-order valence-electron chi connectivity index (χ3n) is 7.62. The van der Waals surface area contributed by atoms with E-state index in [0.29, 0.717) is 0 Å². The molecule has 1 aromatic heterocycles. The maximum Gasteiger partial charge on any atom is 0.136 e. The van der Waals surface area contributed by atoms with Gasteiger partial charge in [0.15, 0.2) is 0 Å². The molecule has 37 heavy (non-hydrogen) atoms. The van der Waals surface area contributed by atoms with Crippen LogP contribution in [-0.2, 0) is 0 Å². The van der Waals surface area contributed by atoms with Crippen LogP contribution in [0.3, 0.4) is 0 Å². The van der Waals surface area contributed by atoms with Gasteiger partial charge in [-0.2, -0.15) is 0 Å². The zero-order valence-electron chi connectivity index (χ0n) is 20.1. The molecule has 0 saturated carbocycles. The van der Waals surface area contributed by atoms with Gasteiger partial charge in [-0.1, -0.05) is 109 Å². The van der Waals surface area contributed by atoms with Crippen molar-refractivity contribution in [2.75, 3.05) is 0 Å². The van der Waals surface area contributed by atoms with Gasteiger partial charge in [-0.15, -0.1) is 0 Å². The van der Waals surface area contributed by atoms with Gasteiger partial charge >= 0.3 is 0 Å². The quantitative estimate of drug-likeness (QED) is 0.229. The Kier molecular flexibility index (Phi) is 4.29. The van der Waals surface area contributed by atoms with Gasteiger partial charge in [-0.3, -0.25) is 0 Å². The lowest BCUT2D eigenvalue weighted by Gasteiger charge is -2.17. The lowest BCUT2D eigenvalue weighted by molar-refractivity contribution is 0.669. The molecule has 0 radical (unpaired) electrons. The first-order valence-electron chi connectivity index (χ1n) is 12.7. The molecule has 0 N–H and O–H groups in total. The number of fused-ring (bicyclic) bond motifs is 6.